The summed E-state index contributed by atoms with van der Waals surface area (Å²) in [5, 5.41) is 7.46. The fourth-order valence-corrected chi connectivity index (χ4v) is 3.45. The molecule has 1 saturated heterocycles. The van der Waals surface area contributed by atoms with Gasteiger partial charge in [-0.2, -0.15) is 0 Å². The Morgan fingerprint density at radius 3 is 2.33 bits per heavy atom. The standard InChI is InChI=1S/C23H18F4N4O2/c1-23(15(11-28)12-29)10-19(32)31(22(33)30(23)2)21-17(25)8-13(9-18(21)26)6-7-14-4-3-5-16(24)20(14)27/h3-5,8-9,11-12,28H,10,29H2,1-2H3/b15-12+,28-11?/t23-/m0/s1. The molecule has 3 rings (SSSR count). The number of nitrogens with two attached hydrogens (primary N) is 1. The van der Waals surface area contributed by atoms with E-state index >= 15 is 0 Å². The molecule has 0 aliphatic carbocycles. The smallest absolute Gasteiger partial charge is 0.332 e. The fourth-order valence-electron chi connectivity index (χ4n) is 3.45. The number of amides is 3. The van der Waals surface area contributed by atoms with Gasteiger partial charge in [-0.15, -0.1) is 0 Å². The van der Waals surface area contributed by atoms with Crippen molar-refractivity contribution in [3.8, 4) is 11.8 Å². The van der Waals surface area contributed by atoms with Gasteiger partial charge in [0.1, 0.15) is 5.69 Å². The summed E-state index contributed by atoms with van der Waals surface area (Å²) >= 11 is 0. The van der Waals surface area contributed by atoms with Crippen LogP contribution in [0.15, 0.2) is 42.1 Å². The first-order valence-electron chi connectivity index (χ1n) is 9.53. The molecule has 0 unspecified atom stereocenters. The molecule has 10 heteroatoms. The number of hydrogen-bond donors (Lipinski definition) is 2. The van der Waals surface area contributed by atoms with Crippen LogP contribution in [0, 0.1) is 40.5 Å². The van der Waals surface area contributed by atoms with Crippen molar-refractivity contribution in [2.24, 2.45) is 5.73 Å². The van der Waals surface area contributed by atoms with E-state index in [2.05, 4.69) is 11.8 Å². The van der Waals surface area contributed by atoms with Gasteiger partial charge in [0, 0.05) is 30.6 Å². The van der Waals surface area contributed by atoms with Crippen molar-refractivity contribution in [1.82, 2.24) is 4.90 Å². The zero-order valence-corrected chi connectivity index (χ0v) is 17.5. The Labute approximate surface area is 186 Å². The van der Waals surface area contributed by atoms with Gasteiger partial charge in [-0.1, -0.05) is 17.9 Å². The Kier molecular flexibility index (Phi) is 6.26. The molecule has 2 aromatic rings. The lowest BCUT2D eigenvalue weighted by Crippen LogP contribution is -2.62. The van der Waals surface area contributed by atoms with Crippen LogP contribution in [0.4, 0.5) is 28.0 Å². The molecule has 170 valence electrons. The van der Waals surface area contributed by atoms with E-state index in [4.69, 9.17) is 11.1 Å². The summed E-state index contributed by atoms with van der Waals surface area (Å²) in [6.07, 6.45) is 1.59. The molecule has 1 aliphatic heterocycles. The number of likely N-dealkylation sites (N-methyl/N-ethyl adjacent to an activating group) is 1. The maximum absolute atomic E-state index is 14.8. The van der Waals surface area contributed by atoms with Crippen LogP contribution in [0.1, 0.15) is 24.5 Å². The molecular weight excluding hydrogens is 440 g/mol. The summed E-state index contributed by atoms with van der Waals surface area (Å²) in [7, 11) is 1.32. The highest BCUT2D eigenvalue weighted by atomic mass is 19.2. The summed E-state index contributed by atoms with van der Waals surface area (Å²) in [6, 6.07) is 3.86. The molecule has 1 aliphatic rings. The lowest BCUT2D eigenvalue weighted by molar-refractivity contribution is -0.121. The zero-order valence-electron chi connectivity index (χ0n) is 17.5. The molecule has 0 bridgehead atoms. The Morgan fingerprint density at radius 1 is 1.12 bits per heavy atom. The van der Waals surface area contributed by atoms with Crippen molar-refractivity contribution in [3.63, 3.8) is 0 Å². The summed E-state index contributed by atoms with van der Waals surface area (Å²) in [4.78, 5) is 27.1. The molecule has 1 atom stereocenters. The Hall–Kier alpha value is -4.13. The average molecular weight is 458 g/mol. The Bertz CT molecular complexity index is 1240. The molecule has 3 N–H and O–H groups in total. The predicted molar refractivity (Wildman–Crippen MR) is 113 cm³/mol. The molecule has 2 aromatic carbocycles. The number of anilines is 1. The summed E-state index contributed by atoms with van der Waals surface area (Å²) in [6.45, 7) is 1.50. The van der Waals surface area contributed by atoms with E-state index in [0.717, 1.165) is 35.5 Å². The number of hydrogen-bond acceptors (Lipinski definition) is 4. The molecule has 0 saturated carbocycles. The minimum atomic E-state index is -1.28. The van der Waals surface area contributed by atoms with Gasteiger partial charge >= 0.3 is 6.03 Å². The van der Waals surface area contributed by atoms with Gasteiger partial charge in [-0.25, -0.2) is 27.3 Å². The third kappa shape index (κ3) is 4.05. The quantitative estimate of drug-likeness (QED) is 0.418. The van der Waals surface area contributed by atoms with E-state index in [1.54, 1.807) is 0 Å². The number of nitrogens with zero attached hydrogens (tertiary/aromatic N) is 2. The Morgan fingerprint density at radius 2 is 1.76 bits per heavy atom. The minimum Gasteiger partial charge on any atom is -0.404 e. The van der Waals surface area contributed by atoms with Crippen molar-refractivity contribution in [2.45, 2.75) is 18.9 Å². The normalized spacial score (nSPS) is 18.8. The van der Waals surface area contributed by atoms with Gasteiger partial charge in [0.15, 0.2) is 23.3 Å². The molecular formula is C23H18F4N4O2. The van der Waals surface area contributed by atoms with Crippen molar-refractivity contribution in [3.05, 3.63) is 76.5 Å². The van der Waals surface area contributed by atoms with Crippen molar-refractivity contribution in [2.75, 3.05) is 11.9 Å². The van der Waals surface area contributed by atoms with E-state index in [-0.39, 0.29) is 23.1 Å². The van der Waals surface area contributed by atoms with Crippen LogP contribution in [0.5, 0.6) is 0 Å². The van der Waals surface area contributed by atoms with Crippen LogP contribution in [-0.2, 0) is 4.79 Å². The van der Waals surface area contributed by atoms with Gasteiger partial charge in [-0.05, 0) is 31.2 Å². The minimum absolute atomic E-state index is 0.169. The third-order valence-electron chi connectivity index (χ3n) is 5.45. The number of benzene rings is 2. The number of imide groups is 1. The third-order valence-corrected chi connectivity index (χ3v) is 5.45. The van der Waals surface area contributed by atoms with Crippen molar-refractivity contribution < 1.29 is 27.2 Å². The summed E-state index contributed by atoms with van der Waals surface area (Å²) < 4.78 is 56.7. The second-order valence-electron chi connectivity index (χ2n) is 7.43. The number of halogens is 4. The van der Waals surface area contributed by atoms with E-state index in [1.165, 1.54) is 26.1 Å². The van der Waals surface area contributed by atoms with Gasteiger partial charge in [0.25, 0.3) is 0 Å². The maximum atomic E-state index is 14.8. The molecule has 3 amide bonds. The first kappa shape index (κ1) is 23.5. The highest BCUT2D eigenvalue weighted by Gasteiger charge is 2.48. The first-order chi connectivity index (χ1) is 15.5. The van der Waals surface area contributed by atoms with Crippen LogP contribution in [0.2, 0.25) is 0 Å². The predicted octanol–water partition coefficient (Wildman–Crippen LogP) is 3.68. The van der Waals surface area contributed by atoms with E-state index in [0.29, 0.717) is 4.90 Å². The van der Waals surface area contributed by atoms with Crippen LogP contribution in [0.3, 0.4) is 0 Å². The first-order valence-corrected chi connectivity index (χ1v) is 9.53. The largest absolute Gasteiger partial charge is 0.404 e. The fraction of sp³-hybridized carbons (Fsp3) is 0.174. The molecule has 1 heterocycles. The number of carbonyl (C=O) groups excluding carboxylic acids is 2. The van der Waals surface area contributed by atoms with Gasteiger partial charge in [0.05, 0.1) is 17.5 Å². The second kappa shape index (κ2) is 8.78. The zero-order chi connectivity index (χ0) is 24.5. The topological polar surface area (TPSA) is 90.5 Å². The second-order valence-corrected chi connectivity index (χ2v) is 7.43. The number of urea groups is 1. The van der Waals surface area contributed by atoms with Crippen LogP contribution in [0.25, 0.3) is 0 Å². The molecule has 0 radical (unpaired) electrons. The van der Waals surface area contributed by atoms with Gasteiger partial charge < -0.3 is 16.0 Å². The van der Waals surface area contributed by atoms with E-state index in [9.17, 15) is 27.2 Å². The number of carbonyl (C=O) groups is 2. The SMILES string of the molecule is CN1C(=O)N(c2c(F)cc(C#Cc3cccc(F)c3F)cc2F)C(=O)C[C@@]1(C)/C(C=N)=C/N. The summed E-state index contributed by atoms with van der Waals surface area (Å²) in [5.41, 5.74) is 2.96. The summed E-state index contributed by atoms with van der Waals surface area (Å²) in [5.74, 6) is -1.10. The van der Waals surface area contributed by atoms with Crippen LogP contribution in [-0.4, -0.2) is 35.6 Å². The molecule has 33 heavy (non-hydrogen) atoms. The van der Waals surface area contributed by atoms with E-state index in [1.807, 2.05) is 0 Å². The highest BCUT2D eigenvalue weighted by molar-refractivity contribution is 6.17. The highest BCUT2D eigenvalue weighted by Crippen LogP contribution is 2.36. The molecule has 6 nitrogen and oxygen atoms in total. The molecule has 1 fully saturated rings. The lowest BCUT2D eigenvalue weighted by Gasteiger charge is -2.45. The van der Waals surface area contributed by atoms with Gasteiger partial charge in [0.2, 0.25) is 5.91 Å². The Balaban J connectivity index is 2.00. The van der Waals surface area contributed by atoms with Crippen LogP contribution >= 0.6 is 0 Å². The monoisotopic (exact) mass is 458 g/mol. The van der Waals surface area contributed by atoms with Crippen LogP contribution < -0.4 is 10.6 Å². The van der Waals surface area contributed by atoms with Crippen molar-refractivity contribution in [1.29, 1.82) is 5.41 Å². The number of nitrogens with one attached hydrogen (secondary N) is 1. The molecule has 0 aromatic heterocycles. The maximum Gasteiger partial charge on any atom is 0.332 e. The molecule has 0 spiro atoms. The van der Waals surface area contributed by atoms with E-state index < -0.39 is 46.4 Å². The number of rotatable bonds is 3. The average Bonchev–Trinajstić information content (AvgIpc) is 2.76. The van der Waals surface area contributed by atoms with Gasteiger partial charge in [-0.3, -0.25) is 4.79 Å². The van der Waals surface area contributed by atoms with Crippen molar-refractivity contribution >= 4 is 23.8 Å². The lowest BCUT2D eigenvalue weighted by atomic mass is 9.85.